The number of thioether (sulfide) groups is 1. The summed E-state index contributed by atoms with van der Waals surface area (Å²) >= 11 is 1.72. The van der Waals surface area contributed by atoms with Crippen molar-refractivity contribution in [2.24, 2.45) is 0 Å². The molecule has 0 unspecified atom stereocenters. The summed E-state index contributed by atoms with van der Waals surface area (Å²) in [5.74, 6) is 0.782. The Kier molecular flexibility index (Phi) is 3.78. The highest BCUT2D eigenvalue weighted by Crippen LogP contribution is 2.40. The summed E-state index contributed by atoms with van der Waals surface area (Å²) in [6, 6.07) is 14.7. The second-order valence-electron chi connectivity index (χ2n) is 5.71. The molecule has 4 nitrogen and oxygen atoms in total. The molecular weight excluding hydrogens is 318 g/mol. The third-order valence-electron chi connectivity index (χ3n) is 3.97. The molecule has 3 N–H and O–H groups in total. The molecule has 1 aliphatic heterocycles. The number of oxazole rings is 1. The number of nitrogen functional groups attached to an aromatic ring is 1. The lowest BCUT2D eigenvalue weighted by Gasteiger charge is -2.14. The Hall–Kier alpha value is -2.66. The molecule has 24 heavy (non-hydrogen) atoms. The van der Waals surface area contributed by atoms with Gasteiger partial charge in [0.2, 0.25) is 0 Å². The van der Waals surface area contributed by atoms with Crippen molar-refractivity contribution in [2.45, 2.75) is 18.2 Å². The van der Waals surface area contributed by atoms with E-state index in [9.17, 15) is 0 Å². The van der Waals surface area contributed by atoms with Crippen molar-refractivity contribution in [3.63, 3.8) is 0 Å². The van der Waals surface area contributed by atoms with Gasteiger partial charge < -0.3 is 15.5 Å². The molecule has 2 heterocycles. The van der Waals surface area contributed by atoms with E-state index in [4.69, 9.17) is 10.2 Å². The van der Waals surface area contributed by atoms with Gasteiger partial charge in [0.1, 0.15) is 0 Å². The number of benzene rings is 2. The molecule has 120 valence electrons. The molecule has 1 aliphatic rings. The normalized spacial score (nSPS) is 13.3. The topological polar surface area (TPSA) is 64.1 Å². The molecule has 4 rings (SSSR count). The highest BCUT2D eigenvalue weighted by atomic mass is 32.2. The molecule has 0 amide bonds. The highest BCUT2D eigenvalue weighted by Gasteiger charge is 2.16. The number of nitrogens with one attached hydrogen (secondary N) is 1. The standard InChI is InChI=1S/C19H17N3OS/c1-12-10-14(7-8-15(12)20)22-19-21-11-16(23-19)18-9-6-13-4-2-3-5-17(13)24-18/h2-5,7-11H,6,20H2,1H3,(H,21,22). The maximum Gasteiger partial charge on any atom is 0.299 e. The van der Waals surface area contributed by atoms with Crippen molar-refractivity contribution < 1.29 is 4.42 Å². The van der Waals surface area contributed by atoms with Crippen LogP contribution in [-0.4, -0.2) is 4.98 Å². The maximum absolute atomic E-state index is 5.87. The lowest BCUT2D eigenvalue weighted by atomic mass is 10.1. The first kappa shape index (κ1) is 14.9. The number of hydrogen-bond acceptors (Lipinski definition) is 5. The van der Waals surface area contributed by atoms with Crippen molar-refractivity contribution in [3.8, 4) is 0 Å². The first-order chi connectivity index (χ1) is 11.7. The quantitative estimate of drug-likeness (QED) is 0.660. The zero-order chi connectivity index (χ0) is 16.5. The van der Waals surface area contributed by atoms with E-state index in [-0.39, 0.29) is 0 Å². The van der Waals surface area contributed by atoms with Gasteiger partial charge in [-0.1, -0.05) is 36.0 Å². The summed E-state index contributed by atoms with van der Waals surface area (Å²) < 4.78 is 5.87. The van der Waals surface area contributed by atoms with Crippen LogP contribution in [0.5, 0.6) is 0 Å². The van der Waals surface area contributed by atoms with Gasteiger partial charge in [-0.2, -0.15) is 0 Å². The Morgan fingerprint density at radius 2 is 2.08 bits per heavy atom. The van der Waals surface area contributed by atoms with E-state index >= 15 is 0 Å². The van der Waals surface area contributed by atoms with Gasteiger partial charge in [0.25, 0.3) is 6.01 Å². The summed E-state index contributed by atoms with van der Waals surface area (Å²) in [4.78, 5) is 6.70. The molecule has 0 saturated carbocycles. The van der Waals surface area contributed by atoms with Crippen LogP contribution in [0.3, 0.4) is 0 Å². The van der Waals surface area contributed by atoms with Crippen molar-refractivity contribution in [1.29, 1.82) is 0 Å². The molecule has 0 radical (unpaired) electrons. The van der Waals surface area contributed by atoms with Crippen LogP contribution in [0.1, 0.15) is 16.9 Å². The second-order valence-corrected chi connectivity index (χ2v) is 6.79. The molecule has 2 aromatic carbocycles. The lowest BCUT2D eigenvalue weighted by molar-refractivity contribution is 0.566. The monoisotopic (exact) mass is 335 g/mol. The molecule has 3 aromatic rings. The van der Waals surface area contributed by atoms with Gasteiger partial charge in [-0.05, 0) is 48.7 Å². The predicted molar refractivity (Wildman–Crippen MR) is 99.4 cm³/mol. The summed E-state index contributed by atoms with van der Waals surface area (Å²) in [6.45, 7) is 1.97. The third-order valence-corrected chi connectivity index (χ3v) is 5.18. The molecule has 0 saturated heterocycles. The van der Waals surface area contributed by atoms with E-state index in [0.717, 1.165) is 34.0 Å². The molecule has 0 aliphatic carbocycles. The van der Waals surface area contributed by atoms with Gasteiger partial charge in [0, 0.05) is 16.3 Å². The van der Waals surface area contributed by atoms with Gasteiger partial charge >= 0.3 is 0 Å². The lowest BCUT2D eigenvalue weighted by Crippen LogP contribution is -1.94. The van der Waals surface area contributed by atoms with Gasteiger partial charge in [-0.15, -0.1) is 0 Å². The summed E-state index contributed by atoms with van der Waals surface area (Å²) in [7, 11) is 0. The molecule has 1 aromatic heterocycles. The number of anilines is 3. The van der Waals surface area contributed by atoms with E-state index in [2.05, 4.69) is 40.6 Å². The smallest absolute Gasteiger partial charge is 0.299 e. The van der Waals surface area contributed by atoms with Crippen LogP contribution in [0.4, 0.5) is 17.4 Å². The largest absolute Gasteiger partial charge is 0.423 e. The number of nitrogens with two attached hydrogens (primary N) is 1. The molecule has 0 spiro atoms. The summed E-state index contributed by atoms with van der Waals surface area (Å²) in [5, 5.41) is 3.18. The number of aryl methyl sites for hydroxylation is 1. The fourth-order valence-corrected chi connectivity index (χ4v) is 3.64. The molecule has 0 bridgehead atoms. The van der Waals surface area contributed by atoms with E-state index in [1.165, 1.54) is 10.5 Å². The zero-order valence-corrected chi connectivity index (χ0v) is 14.1. The van der Waals surface area contributed by atoms with Crippen LogP contribution in [0.2, 0.25) is 0 Å². The summed E-state index contributed by atoms with van der Waals surface area (Å²) in [5.41, 5.74) is 9.90. The molecule has 0 fully saturated rings. The fourth-order valence-electron chi connectivity index (χ4n) is 2.61. The highest BCUT2D eigenvalue weighted by molar-refractivity contribution is 8.08. The van der Waals surface area contributed by atoms with E-state index in [1.807, 2.05) is 25.1 Å². The van der Waals surface area contributed by atoms with Crippen molar-refractivity contribution in [2.75, 3.05) is 11.1 Å². The number of hydrogen-bond donors (Lipinski definition) is 2. The van der Waals surface area contributed by atoms with Crippen LogP contribution in [-0.2, 0) is 6.42 Å². The van der Waals surface area contributed by atoms with Gasteiger partial charge in [-0.3, -0.25) is 0 Å². The Labute approximate surface area is 144 Å². The Balaban J connectivity index is 1.53. The molecular formula is C19H17N3OS. The number of aromatic nitrogens is 1. The Morgan fingerprint density at radius 3 is 2.96 bits per heavy atom. The fraction of sp³-hybridized carbons (Fsp3) is 0.105. The Morgan fingerprint density at radius 1 is 1.21 bits per heavy atom. The average Bonchev–Trinajstić information content (AvgIpc) is 3.06. The van der Waals surface area contributed by atoms with Crippen LogP contribution < -0.4 is 11.1 Å². The number of allylic oxidation sites excluding steroid dienone is 1. The van der Waals surface area contributed by atoms with E-state index in [0.29, 0.717) is 6.01 Å². The van der Waals surface area contributed by atoms with Crippen LogP contribution >= 0.6 is 11.8 Å². The minimum Gasteiger partial charge on any atom is -0.423 e. The first-order valence-corrected chi connectivity index (χ1v) is 8.56. The summed E-state index contributed by atoms with van der Waals surface area (Å²) in [6.07, 6.45) is 4.86. The molecule has 5 heteroatoms. The number of fused-ring (bicyclic) bond motifs is 1. The van der Waals surface area contributed by atoms with E-state index < -0.39 is 0 Å². The van der Waals surface area contributed by atoms with Gasteiger partial charge in [0.15, 0.2) is 5.76 Å². The maximum atomic E-state index is 5.87. The van der Waals surface area contributed by atoms with Crippen molar-refractivity contribution in [3.05, 3.63) is 71.6 Å². The predicted octanol–water partition coefficient (Wildman–Crippen LogP) is 5.00. The van der Waals surface area contributed by atoms with Crippen molar-refractivity contribution >= 4 is 34.1 Å². The van der Waals surface area contributed by atoms with Gasteiger partial charge in [-0.25, -0.2) is 4.98 Å². The minimum atomic E-state index is 0.481. The van der Waals surface area contributed by atoms with Crippen LogP contribution in [0, 0.1) is 6.92 Å². The number of nitrogens with zero attached hydrogens (tertiary/aromatic N) is 1. The minimum absolute atomic E-state index is 0.481. The SMILES string of the molecule is Cc1cc(Nc2ncc(C3=CCc4ccccc4S3)o2)ccc1N. The molecule has 0 atom stereocenters. The third kappa shape index (κ3) is 2.90. The van der Waals surface area contributed by atoms with Crippen LogP contribution in [0.15, 0.2) is 64.1 Å². The van der Waals surface area contributed by atoms with Crippen molar-refractivity contribution in [1.82, 2.24) is 4.98 Å². The van der Waals surface area contributed by atoms with E-state index in [1.54, 1.807) is 18.0 Å². The Bertz CT molecular complexity index is 930. The second kappa shape index (κ2) is 6.09. The first-order valence-electron chi connectivity index (χ1n) is 7.74. The van der Waals surface area contributed by atoms with Gasteiger partial charge in [0.05, 0.1) is 11.1 Å². The number of rotatable bonds is 3. The average molecular weight is 335 g/mol. The zero-order valence-electron chi connectivity index (χ0n) is 13.2. The van der Waals surface area contributed by atoms with Crippen LogP contribution in [0.25, 0.3) is 4.91 Å².